The Morgan fingerprint density at radius 2 is 2.08 bits per heavy atom. The van der Waals surface area contributed by atoms with Crippen molar-refractivity contribution in [1.29, 1.82) is 0 Å². The van der Waals surface area contributed by atoms with E-state index < -0.39 is 0 Å². The molecule has 0 saturated carbocycles. The van der Waals surface area contributed by atoms with Crippen LogP contribution in [0.2, 0.25) is 0 Å². The van der Waals surface area contributed by atoms with Gasteiger partial charge in [0.2, 0.25) is 0 Å². The molecule has 0 aromatic rings. The summed E-state index contributed by atoms with van der Waals surface area (Å²) in [6, 6.07) is 0. The maximum absolute atomic E-state index is 2.51. The lowest BCUT2D eigenvalue weighted by Crippen LogP contribution is -2.29. The number of hydrogen-bond acceptors (Lipinski definition) is 0. The van der Waals surface area contributed by atoms with Crippen molar-refractivity contribution in [3.8, 4) is 0 Å². The van der Waals surface area contributed by atoms with Crippen LogP contribution in [0.3, 0.4) is 0 Å². The van der Waals surface area contributed by atoms with E-state index in [0.29, 0.717) is 5.41 Å². The summed E-state index contributed by atoms with van der Waals surface area (Å²) < 4.78 is 0. The molecule has 3 atom stereocenters. The Morgan fingerprint density at radius 1 is 1.50 bits per heavy atom. The third kappa shape index (κ3) is 1.57. The van der Waals surface area contributed by atoms with E-state index in [1.165, 1.54) is 12.8 Å². The van der Waals surface area contributed by atoms with Crippen LogP contribution in [0.25, 0.3) is 0 Å². The van der Waals surface area contributed by atoms with Crippen molar-refractivity contribution in [2.75, 3.05) is 0 Å². The molecule has 0 heteroatoms. The third-order valence-corrected chi connectivity index (χ3v) is 3.93. The summed E-state index contributed by atoms with van der Waals surface area (Å²) >= 11 is 0. The van der Waals surface area contributed by atoms with Gasteiger partial charge < -0.3 is 0 Å². The van der Waals surface area contributed by atoms with E-state index in [0.717, 1.165) is 11.8 Å². The van der Waals surface area contributed by atoms with Crippen LogP contribution < -0.4 is 0 Å². The minimum atomic E-state index is 0.469. The van der Waals surface area contributed by atoms with Crippen LogP contribution in [0, 0.1) is 17.3 Å². The molecule has 1 rings (SSSR count). The average Bonchev–Trinajstić information content (AvgIpc) is 2.01. The fraction of sp³-hybridized carbons (Fsp3) is 0.833. The van der Waals surface area contributed by atoms with Gasteiger partial charge in [0.15, 0.2) is 0 Å². The molecule has 0 aromatic heterocycles. The first-order valence-corrected chi connectivity index (χ1v) is 5.19. The van der Waals surface area contributed by atoms with Gasteiger partial charge in [0.1, 0.15) is 0 Å². The summed E-state index contributed by atoms with van der Waals surface area (Å²) in [5.41, 5.74) is 2.06. The van der Waals surface area contributed by atoms with Gasteiger partial charge in [-0.25, -0.2) is 0 Å². The topological polar surface area (TPSA) is 0 Å². The Morgan fingerprint density at radius 3 is 2.58 bits per heavy atom. The lowest BCUT2D eigenvalue weighted by molar-refractivity contribution is 0.210. The summed E-state index contributed by atoms with van der Waals surface area (Å²) in [5.74, 6) is 1.65. The van der Waals surface area contributed by atoms with Crippen molar-refractivity contribution < 1.29 is 0 Å². The Balaban J connectivity index is 2.90. The largest absolute Gasteiger partial charge is 0.0791 e. The molecule has 0 amide bonds. The van der Waals surface area contributed by atoms with Gasteiger partial charge in [-0.3, -0.25) is 0 Å². The number of hydrogen-bond donors (Lipinski definition) is 0. The van der Waals surface area contributed by atoms with E-state index in [2.05, 4.69) is 40.7 Å². The SMILES string of the molecule is CCC1(C)C=C(C)C(C)CC1C. The molecule has 0 aliphatic heterocycles. The average molecular weight is 166 g/mol. The molecule has 70 valence electrons. The van der Waals surface area contributed by atoms with Gasteiger partial charge in [-0.05, 0) is 37.0 Å². The molecule has 0 aromatic carbocycles. The van der Waals surface area contributed by atoms with Gasteiger partial charge in [-0.2, -0.15) is 0 Å². The maximum Gasteiger partial charge on any atom is -0.0121 e. The molecular weight excluding hydrogens is 144 g/mol. The monoisotopic (exact) mass is 166 g/mol. The number of allylic oxidation sites excluding steroid dienone is 2. The molecule has 1 aliphatic carbocycles. The van der Waals surface area contributed by atoms with E-state index in [-0.39, 0.29) is 0 Å². The van der Waals surface area contributed by atoms with E-state index in [4.69, 9.17) is 0 Å². The Kier molecular flexibility index (Phi) is 2.65. The van der Waals surface area contributed by atoms with Crippen molar-refractivity contribution in [2.24, 2.45) is 17.3 Å². The second-order valence-corrected chi connectivity index (χ2v) is 4.79. The summed E-state index contributed by atoms with van der Waals surface area (Å²) in [4.78, 5) is 0. The zero-order valence-electron chi connectivity index (χ0n) is 9.15. The summed E-state index contributed by atoms with van der Waals surface area (Å²) in [5, 5.41) is 0. The zero-order chi connectivity index (χ0) is 9.35. The minimum absolute atomic E-state index is 0.469. The fourth-order valence-electron chi connectivity index (χ4n) is 2.24. The lowest BCUT2D eigenvalue weighted by atomic mass is 9.66. The third-order valence-electron chi connectivity index (χ3n) is 3.93. The normalized spacial score (nSPS) is 42.6. The van der Waals surface area contributed by atoms with Crippen LogP contribution in [0.1, 0.15) is 47.5 Å². The predicted molar refractivity (Wildman–Crippen MR) is 55.1 cm³/mol. The minimum Gasteiger partial charge on any atom is -0.0791 e. The van der Waals surface area contributed by atoms with Crippen LogP contribution in [-0.4, -0.2) is 0 Å². The van der Waals surface area contributed by atoms with Crippen LogP contribution in [0.4, 0.5) is 0 Å². The molecule has 0 heterocycles. The number of rotatable bonds is 1. The molecule has 0 fully saturated rings. The van der Waals surface area contributed by atoms with Crippen LogP contribution in [0.5, 0.6) is 0 Å². The quantitative estimate of drug-likeness (QED) is 0.516. The zero-order valence-corrected chi connectivity index (χ0v) is 9.15. The summed E-state index contributed by atoms with van der Waals surface area (Å²) in [7, 11) is 0. The van der Waals surface area contributed by atoms with Gasteiger partial charge in [0.05, 0.1) is 0 Å². The second kappa shape index (κ2) is 3.24. The van der Waals surface area contributed by atoms with E-state index in [1.54, 1.807) is 5.57 Å². The first kappa shape index (κ1) is 9.83. The predicted octanol–water partition coefficient (Wildman–Crippen LogP) is 4.02. The second-order valence-electron chi connectivity index (χ2n) is 4.79. The van der Waals surface area contributed by atoms with Crippen LogP contribution in [-0.2, 0) is 0 Å². The highest BCUT2D eigenvalue weighted by Crippen LogP contribution is 2.43. The van der Waals surface area contributed by atoms with Crippen LogP contribution >= 0.6 is 0 Å². The molecule has 0 spiro atoms. The van der Waals surface area contributed by atoms with Gasteiger partial charge in [0, 0.05) is 0 Å². The standard InChI is InChI=1S/C12H22/c1-6-12(5)8-10(3)9(2)7-11(12)4/h8-9,11H,6-7H2,1-5H3. The first-order valence-electron chi connectivity index (χ1n) is 5.19. The van der Waals surface area contributed by atoms with Crippen molar-refractivity contribution in [2.45, 2.75) is 47.5 Å². The molecule has 0 radical (unpaired) electrons. The molecule has 0 bridgehead atoms. The highest BCUT2D eigenvalue weighted by molar-refractivity contribution is 5.14. The van der Waals surface area contributed by atoms with Gasteiger partial charge in [-0.1, -0.05) is 39.3 Å². The maximum atomic E-state index is 2.51. The molecular formula is C12H22. The van der Waals surface area contributed by atoms with Crippen molar-refractivity contribution >= 4 is 0 Å². The molecule has 3 unspecified atom stereocenters. The van der Waals surface area contributed by atoms with Crippen molar-refractivity contribution in [3.63, 3.8) is 0 Å². The molecule has 0 N–H and O–H groups in total. The molecule has 12 heavy (non-hydrogen) atoms. The Labute approximate surface area is 77.1 Å². The van der Waals surface area contributed by atoms with E-state index in [1.807, 2.05) is 0 Å². The van der Waals surface area contributed by atoms with Crippen molar-refractivity contribution in [1.82, 2.24) is 0 Å². The van der Waals surface area contributed by atoms with Gasteiger partial charge in [-0.15, -0.1) is 0 Å². The fourth-order valence-corrected chi connectivity index (χ4v) is 2.24. The van der Waals surface area contributed by atoms with E-state index >= 15 is 0 Å². The highest BCUT2D eigenvalue weighted by Gasteiger charge is 2.32. The lowest BCUT2D eigenvalue weighted by Gasteiger charge is -2.39. The Bertz CT molecular complexity index is 190. The highest BCUT2D eigenvalue weighted by atomic mass is 14.4. The molecule has 0 saturated heterocycles. The van der Waals surface area contributed by atoms with Crippen LogP contribution in [0.15, 0.2) is 11.6 Å². The summed E-state index contributed by atoms with van der Waals surface area (Å²) in [6.45, 7) is 11.7. The van der Waals surface area contributed by atoms with E-state index in [9.17, 15) is 0 Å². The molecule has 1 aliphatic rings. The Hall–Kier alpha value is -0.260. The van der Waals surface area contributed by atoms with Gasteiger partial charge >= 0.3 is 0 Å². The summed E-state index contributed by atoms with van der Waals surface area (Å²) in [6.07, 6.45) is 5.15. The van der Waals surface area contributed by atoms with Crippen molar-refractivity contribution in [3.05, 3.63) is 11.6 Å². The first-order chi connectivity index (χ1) is 5.49. The van der Waals surface area contributed by atoms with Gasteiger partial charge in [0.25, 0.3) is 0 Å². The molecule has 0 nitrogen and oxygen atoms in total. The smallest absolute Gasteiger partial charge is 0.0121 e.